The molecule has 19 heavy (non-hydrogen) atoms. The molecule has 3 rings (SSSR count). The second-order valence-corrected chi connectivity index (χ2v) is 7.26. The molecule has 0 saturated heterocycles. The molecule has 104 valence electrons. The maximum Gasteiger partial charge on any atom is 0.134 e. The fourth-order valence-corrected chi connectivity index (χ4v) is 4.87. The van der Waals surface area contributed by atoms with Crippen molar-refractivity contribution in [3.8, 4) is 0 Å². The number of rotatable bonds is 3. The molecule has 0 bridgehead atoms. The molecule has 1 aliphatic heterocycles. The summed E-state index contributed by atoms with van der Waals surface area (Å²) in [5.74, 6) is 4.86. The van der Waals surface area contributed by atoms with Crippen LogP contribution in [-0.4, -0.2) is 9.97 Å². The lowest BCUT2D eigenvalue weighted by Gasteiger charge is -2.28. The normalized spacial score (nSPS) is 26.4. The number of fused-ring (bicyclic) bond motifs is 1. The molecule has 2 heterocycles. The number of thioether (sulfide) groups is 1. The van der Waals surface area contributed by atoms with Gasteiger partial charge in [0.15, 0.2) is 0 Å². The maximum atomic E-state index is 5.46. The third-order valence-electron chi connectivity index (χ3n) is 4.55. The van der Waals surface area contributed by atoms with Crippen molar-refractivity contribution in [1.29, 1.82) is 0 Å². The quantitative estimate of drug-likeness (QED) is 0.799. The van der Waals surface area contributed by atoms with Crippen LogP contribution in [0.4, 0.5) is 0 Å². The highest BCUT2D eigenvalue weighted by Crippen LogP contribution is 2.37. The first-order valence-electron chi connectivity index (χ1n) is 7.47. The van der Waals surface area contributed by atoms with E-state index in [4.69, 9.17) is 12.2 Å². The lowest BCUT2D eigenvalue weighted by Crippen LogP contribution is -2.16. The van der Waals surface area contributed by atoms with Crippen molar-refractivity contribution in [3.63, 3.8) is 0 Å². The van der Waals surface area contributed by atoms with Gasteiger partial charge in [-0.1, -0.05) is 32.0 Å². The van der Waals surface area contributed by atoms with Crippen LogP contribution in [0.3, 0.4) is 0 Å². The number of nitrogens with zero attached hydrogens (tertiary/aromatic N) is 1. The molecule has 4 heteroatoms. The van der Waals surface area contributed by atoms with Gasteiger partial charge in [-0.25, -0.2) is 4.98 Å². The number of aromatic amines is 1. The van der Waals surface area contributed by atoms with Crippen LogP contribution < -0.4 is 0 Å². The van der Waals surface area contributed by atoms with Gasteiger partial charge in [0.25, 0.3) is 0 Å². The fourth-order valence-electron chi connectivity index (χ4n) is 3.42. The molecule has 1 fully saturated rings. The third kappa shape index (κ3) is 2.89. The molecule has 1 N–H and O–H groups in total. The van der Waals surface area contributed by atoms with Crippen LogP contribution in [0.2, 0.25) is 0 Å². The van der Waals surface area contributed by atoms with E-state index in [-0.39, 0.29) is 0 Å². The first kappa shape index (κ1) is 13.6. The molecular formula is C15H22N2S2. The van der Waals surface area contributed by atoms with Crippen LogP contribution in [0.15, 0.2) is 0 Å². The summed E-state index contributed by atoms with van der Waals surface area (Å²) >= 11 is 7.40. The van der Waals surface area contributed by atoms with Crippen molar-refractivity contribution < 1.29 is 0 Å². The Labute approximate surface area is 124 Å². The SMILES string of the molecule is CCCC1CCC(c2nc(=S)c3c([nH]2)CSC3)CC1. The molecule has 1 aromatic heterocycles. The van der Waals surface area contributed by atoms with Crippen molar-refractivity contribution >= 4 is 24.0 Å². The average molecular weight is 294 g/mol. The molecule has 0 aromatic carbocycles. The summed E-state index contributed by atoms with van der Waals surface area (Å²) in [6.07, 6.45) is 8.03. The third-order valence-corrected chi connectivity index (χ3v) is 5.87. The molecule has 1 aliphatic carbocycles. The molecule has 0 unspecified atom stereocenters. The zero-order valence-electron chi connectivity index (χ0n) is 11.6. The van der Waals surface area contributed by atoms with Gasteiger partial charge in [-0.3, -0.25) is 0 Å². The Morgan fingerprint density at radius 1 is 1.26 bits per heavy atom. The van der Waals surface area contributed by atoms with Crippen molar-refractivity contribution in [1.82, 2.24) is 9.97 Å². The molecule has 2 aliphatic rings. The first-order valence-corrected chi connectivity index (χ1v) is 9.04. The molecule has 1 saturated carbocycles. The second kappa shape index (κ2) is 5.96. The molecule has 1 aromatic rings. The Balaban J connectivity index is 1.74. The smallest absolute Gasteiger partial charge is 0.134 e. The summed E-state index contributed by atoms with van der Waals surface area (Å²) in [6.45, 7) is 2.29. The zero-order chi connectivity index (χ0) is 13.2. The average Bonchev–Trinajstić information content (AvgIpc) is 2.89. The van der Waals surface area contributed by atoms with Crippen molar-refractivity contribution in [3.05, 3.63) is 21.7 Å². The van der Waals surface area contributed by atoms with Crippen molar-refractivity contribution in [2.75, 3.05) is 0 Å². The van der Waals surface area contributed by atoms with Gasteiger partial charge >= 0.3 is 0 Å². The van der Waals surface area contributed by atoms with E-state index in [1.54, 1.807) is 0 Å². The van der Waals surface area contributed by atoms with E-state index < -0.39 is 0 Å². The molecular weight excluding hydrogens is 272 g/mol. The number of nitrogens with one attached hydrogen (secondary N) is 1. The van der Waals surface area contributed by atoms with E-state index in [2.05, 4.69) is 16.9 Å². The minimum atomic E-state index is 0.616. The molecule has 2 nitrogen and oxygen atoms in total. The van der Waals surface area contributed by atoms with E-state index in [1.807, 2.05) is 11.8 Å². The van der Waals surface area contributed by atoms with Gasteiger partial charge in [0.2, 0.25) is 0 Å². The van der Waals surface area contributed by atoms with Crippen LogP contribution in [0, 0.1) is 10.6 Å². The number of hydrogen-bond acceptors (Lipinski definition) is 3. The lowest BCUT2D eigenvalue weighted by molar-refractivity contribution is 0.302. The zero-order valence-corrected chi connectivity index (χ0v) is 13.2. The summed E-state index contributed by atoms with van der Waals surface area (Å²) in [7, 11) is 0. The van der Waals surface area contributed by atoms with Crippen LogP contribution >= 0.6 is 24.0 Å². The van der Waals surface area contributed by atoms with Crippen molar-refractivity contribution in [2.45, 2.75) is 62.9 Å². The van der Waals surface area contributed by atoms with E-state index in [0.717, 1.165) is 22.1 Å². The Morgan fingerprint density at radius 3 is 2.79 bits per heavy atom. The van der Waals surface area contributed by atoms with Gasteiger partial charge in [0.05, 0.1) is 0 Å². The lowest BCUT2D eigenvalue weighted by atomic mass is 9.80. The summed E-state index contributed by atoms with van der Waals surface area (Å²) in [5.41, 5.74) is 2.62. The van der Waals surface area contributed by atoms with Gasteiger partial charge in [-0.05, 0) is 31.6 Å². The number of hydrogen-bond donors (Lipinski definition) is 1. The minimum absolute atomic E-state index is 0.616. The Morgan fingerprint density at radius 2 is 2.05 bits per heavy atom. The Hall–Kier alpha value is -0.350. The molecule has 0 spiro atoms. The second-order valence-electron chi connectivity index (χ2n) is 5.88. The highest BCUT2D eigenvalue weighted by Gasteiger charge is 2.25. The summed E-state index contributed by atoms with van der Waals surface area (Å²) < 4.78 is 0.851. The number of aromatic nitrogens is 2. The Bertz CT molecular complexity index is 501. The standard InChI is InChI=1S/C15H22N2S2/c1-2-3-10-4-6-11(7-5-10)14-16-13-9-19-8-12(13)15(18)17-14/h10-11H,2-9H2,1H3,(H,16,17,18). The van der Waals surface area contributed by atoms with E-state index >= 15 is 0 Å². The number of H-pyrrole nitrogens is 1. The topological polar surface area (TPSA) is 28.7 Å². The largest absolute Gasteiger partial charge is 0.346 e. The fraction of sp³-hybridized carbons (Fsp3) is 0.733. The summed E-state index contributed by atoms with van der Waals surface area (Å²) in [4.78, 5) is 8.27. The predicted molar refractivity (Wildman–Crippen MR) is 84.0 cm³/mol. The summed E-state index contributed by atoms with van der Waals surface area (Å²) in [6, 6.07) is 0. The van der Waals surface area contributed by atoms with Gasteiger partial charge in [-0.15, -0.1) is 0 Å². The van der Waals surface area contributed by atoms with Gasteiger partial charge < -0.3 is 4.98 Å². The predicted octanol–water partition coefficient (Wildman–Crippen LogP) is 4.96. The molecule has 0 radical (unpaired) electrons. The van der Waals surface area contributed by atoms with Crippen molar-refractivity contribution in [2.24, 2.45) is 5.92 Å². The maximum absolute atomic E-state index is 5.46. The van der Waals surface area contributed by atoms with Crippen LogP contribution in [-0.2, 0) is 11.5 Å². The van der Waals surface area contributed by atoms with E-state index in [1.165, 1.54) is 55.6 Å². The van der Waals surface area contributed by atoms with Crippen LogP contribution in [0.1, 0.15) is 68.4 Å². The Kier molecular flexibility index (Phi) is 4.27. The van der Waals surface area contributed by atoms with Gasteiger partial charge in [0, 0.05) is 28.7 Å². The van der Waals surface area contributed by atoms with E-state index in [0.29, 0.717) is 5.92 Å². The highest BCUT2D eigenvalue weighted by molar-refractivity contribution is 7.98. The molecule has 0 atom stereocenters. The molecule has 0 amide bonds. The first-order chi connectivity index (χ1) is 9.28. The van der Waals surface area contributed by atoms with E-state index in [9.17, 15) is 0 Å². The van der Waals surface area contributed by atoms with Gasteiger partial charge in [-0.2, -0.15) is 11.8 Å². The monoisotopic (exact) mass is 294 g/mol. The highest BCUT2D eigenvalue weighted by atomic mass is 32.2. The van der Waals surface area contributed by atoms with Crippen LogP contribution in [0.25, 0.3) is 0 Å². The minimum Gasteiger partial charge on any atom is -0.346 e. The van der Waals surface area contributed by atoms with Crippen LogP contribution in [0.5, 0.6) is 0 Å². The summed E-state index contributed by atoms with van der Waals surface area (Å²) in [5, 5.41) is 0. The van der Waals surface area contributed by atoms with Gasteiger partial charge in [0.1, 0.15) is 10.5 Å².